The minimum Gasteiger partial charge on any atom is -0.510 e. The normalized spacial score (nSPS) is 14.4. The van der Waals surface area contributed by atoms with Crippen molar-refractivity contribution in [2.24, 2.45) is 0 Å². The van der Waals surface area contributed by atoms with Crippen LogP contribution in [0.5, 0.6) is 11.5 Å². The summed E-state index contributed by atoms with van der Waals surface area (Å²) in [5.74, 6) is 0.509. The van der Waals surface area contributed by atoms with Crippen LogP contribution in [-0.2, 0) is 26.5 Å². The Labute approximate surface area is 387 Å². The second-order valence-electron chi connectivity index (χ2n) is 15.8. The molecule has 7 aromatic carbocycles. The quantitative estimate of drug-likeness (QED) is 0.112. The van der Waals surface area contributed by atoms with Gasteiger partial charge in [-0.25, -0.2) is 4.98 Å². The molecule has 0 fully saturated rings. The Morgan fingerprint density at radius 1 is 0.705 bits per heavy atom. The molecule has 5 nitrogen and oxygen atoms in total. The molecule has 0 aliphatic heterocycles. The molecule has 0 unspecified atom stereocenters. The molecule has 0 saturated heterocycles. The van der Waals surface area contributed by atoms with Gasteiger partial charge in [0.25, 0.3) is 6.33 Å². The first kappa shape index (κ1) is 28.8. The number of fused-ring (bicyclic) bond motifs is 4. The summed E-state index contributed by atoms with van der Waals surface area (Å²) in [5, 5.41) is 1.96. The van der Waals surface area contributed by atoms with Gasteiger partial charge in [0.2, 0.25) is 0 Å². The van der Waals surface area contributed by atoms with E-state index in [1.165, 1.54) is 5.56 Å². The minimum absolute atomic E-state index is 0. The fourth-order valence-electron chi connectivity index (χ4n) is 7.65. The number of pyridine rings is 1. The summed E-state index contributed by atoms with van der Waals surface area (Å²) in [6.07, 6.45) is 5.12. The molecule has 6 heteroatoms. The zero-order chi connectivity index (χ0) is 50.6. The van der Waals surface area contributed by atoms with Gasteiger partial charge in [-0.05, 0) is 74.0 Å². The largest absolute Gasteiger partial charge is 0.510 e. The maximum atomic E-state index is 9.01. The topological polar surface area (TPSA) is 35.9 Å². The van der Waals surface area contributed by atoms with E-state index in [0.717, 1.165) is 27.4 Å². The number of hydrogen-bond acceptors (Lipinski definition) is 2. The fraction of sp³-hybridized carbons (Fsp3) is 0.127. The van der Waals surface area contributed by atoms with Gasteiger partial charge in [-0.15, -0.1) is 29.7 Å². The molecule has 10 rings (SSSR count). The molecule has 0 N–H and O–H groups in total. The first-order valence-electron chi connectivity index (χ1n) is 25.1. The average molecular weight is 983 g/mol. The van der Waals surface area contributed by atoms with Crippen LogP contribution in [0.1, 0.15) is 66.7 Å². The summed E-state index contributed by atoms with van der Waals surface area (Å²) in [7, 11) is 0. The number of aromatic nitrogens is 4. The van der Waals surface area contributed by atoms with E-state index >= 15 is 0 Å². The molecule has 0 atom stereocenters. The summed E-state index contributed by atoms with van der Waals surface area (Å²) < 4.78 is 108. The third-order valence-electron chi connectivity index (χ3n) is 10.6. The monoisotopic (exact) mass is 982 g/mol. The van der Waals surface area contributed by atoms with Crippen molar-refractivity contribution < 1.29 is 45.4 Å². The summed E-state index contributed by atoms with van der Waals surface area (Å²) in [6, 6.07) is 33.0. The molecule has 3 heterocycles. The Morgan fingerprint density at radius 2 is 1.39 bits per heavy atom. The summed E-state index contributed by atoms with van der Waals surface area (Å²) in [6.45, 7) is 10.2. The molecule has 0 spiro atoms. The molecule has 3 aromatic heterocycles. The van der Waals surface area contributed by atoms with E-state index in [9.17, 15) is 0 Å². The van der Waals surface area contributed by atoms with Crippen LogP contribution in [0.25, 0.3) is 72.3 Å². The Balaban J connectivity index is 0.00000640. The van der Waals surface area contributed by atoms with Crippen molar-refractivity contribution in [3.63, 3.8) is 0 Å². The molecule has 0 aliphatic carbocycles. The van der Waals surface area contributed by atoms with E-state index < -0.39 is 66.3 Å². The standard InChI is InChI=1S/C55H44N4O.Pt/c1-37(2)40-30-31-56-53(32-40)59-49-29-26-41(55(3,4)5)33-48(49)47-28-27-44(35-52(47)59)60-43-21-14-20-42(34-43)57-36-58(51-25-13-12-24-50(51)57)54-45(38-16-8-6-9-17-38)22-15-23-46(54)39-18-10-7-11-19-39;/h6-33,37H,1-5H3;/q-2;/i6D,7D,8D,9D,10D,11D,16D,17D,18D,19D,37D;. The van der Waals surface area contributed by atoms with E-state index in [1.54, 1.807) is 57.8 Å². The van der Waals surface area contributed by atoms with Gasteiger partial charge < -0.3 is 13.9 Å². The van der Waals surface area contributed by atoms with Gasteiger partial charge >= 0.3 is 0 Å². The van der Waals surface area contributed by atoms with Crippen molar-refractivity contribution in [3.05, 3.63) is 199 Å². The average Bonchev–Trinajstić information content (AvgIpc) is 3.89. The number of benzene rings is 7. The predicted molar refractivity (Wildman–Crippen MR) is 244 cm³/mol. The third-order valence-corrected chi connectivity index (χ3v) is 10.6. The van der Waals surface area contributed by atoms with Gasteiger partial charge in [0, 0.05) is 45.6 Å². The van der Waals surface area contributed by atoms with Crippen molar-refractivity contribution in [2.75, 3.05) is 0 Å². The Bertz CT molecular complexity index is 3710. The van der Waals surface area contributed by atoms with E-state index in [-0.39, 0.29) is 54.4 Å². The van der Waals surface area contributed by atoms with Crippen molar-refractivity contribution in [2.45, 2.75) is 45.9 Å². The minimum atomic E-state index is -0.864. The van der Waals surface area contributed by atoms with Crippen molar-refractivity contribution in [3.8, 4) is 50.9 Å². The molecule has 0 radical (unpaired) electrons. The van der Waals surface area contributed by atoms with Crippen LogP contribution in [-0.4, -0.2) is 14.1 Å². The van der Waals surface area contributed by atoms with Crippen LogP contribution in [0.3, 0.4) is 0 Å². The summed E-state index contributed by atoms with van der Waals surface area (Å²) in [4.78, 5) is 4.78. The van der Waals surface area contributed by atoms with Gasteiger partial charge in [0.15, 0.2) is 0 Å². The van der Waals surface area contributed by atoms with Crippen LogP contribution < -0.4 is 9.30 Å². The van der Waals surface area contributed by atoms with Crippen molar-refractivity contribution in [1.82, 2.24) is 14.1 Å². The Kier molecular flexibility index (Phi) is 7.63. The van der Waals surface area contributed by atoms with Gasteiger partial charge in [0.05, 0.1) is 30.4 Å². The van der Waals surface area contributed by atoms with Gasteiger partial charge in [-0.1, -0.05) is 155 Å². The molecular weight excluding hydrogens is 928 g/mol. The van der Waals surface area contributed by atoms with Crippen LogP contribution in [0.2, 0.25) is 0 Å². The molecule has 0 amide bonds. The zero-order valence-electron chi connectivity index (χ0n) is 44.9. The number of ether oxygens (including phenoxy) is 1. The van der Waals surface area contributed by atoms with Gasteiger partial charge in [-0.2, -0.15) is 18.2 Å². The molecule has 302 valence electrons. The van der Waals surface area contributed by atoms with Crippen molar-refractivity contribution >= 4 is 32.8 Å². The molecule has 0 saturated carbocycles. The van der Waals surface area contributed by atoms with Crippen molar-refractivity contribution in [1.29, 1.82) is 0 Å². The van der Waals surface area contributed by atoms with Gasteiger partial charge in [-0.3, -0.25) is 4.57 Å². The van der Waals surface area contributed by atoms with Crippen LogP contribution in [0.15, 0.2) is 170 Å². The maximum absolute atomic E-state index is 9.01. The zero-order valence-corrected chi connectivity index (χ0v) is 36.2. The third kappa shape index (κ3) is 7.38. The number of rotatable bonds is 8. The Morgan fingerprint density at radius 3 is 2.10 bits per heavy atom. The molecule has 0 aliphatic rings. The van der Waals surface area contributed by atoms with E-state index in [1.807, 2.05) is 60.9 Å². The SMILES string of the molecule is [2H]c1c([2H])c([2H])c(-c2cccc(-c3c([2H])c([2H])c([2H])c([2H])c3[2H])c2-[n+]2[c-]n(-c3[c-]c(Oc4[c-]c5c(cc4)c4cc(C(C)(C)C)ccc4n5-c4cc(C([2H])(C)C)ccn4)ccc3)c3ccccc32)c([2H])c1[2H].[Pt]. The Hall–Kier alpha value is -6.55. The molecule has 0 bridgehead atoms. The van der Waals surface area contributed by atoms with Gasteiger partial charge in [0.1, 0.15) is 5.82 Å². The van der Waals surface area contributed by atoms with Crippen LogP contribution in [0.4, 0.5) is 0 Å². The first-order valence-corrected chi connectivity index (χ1v) is 19.6. The van der Waals surface area contributed by atoms with Crippen LogP contribution >= 0.6 is 0 Å². The summed E-state index contributed by atoms with van der Waals surface area (Å²) >= 11 is 0. The van der Waals surface area contributed by atoms with E-state index in [2.05, 4.69) is 57.4 Å². The first-order chi connectivity index (χ1) is 33.6. The van der Waals surface area contributed by atoms with E-state index in [4.69, 9.17) is 24.8 Å². The fourth-order valence-corrected chi connectivity index (χ4v) is 7.65. The number of imidazole rings is 1. The second-order valence-corrected chi connectivity index (χ2v) is 15.8. The summed E-state index contributed by atoms with van der Waals surface area (Å²) in [5.41, 5.74) is 5.26. The number of nitrogens with zero attached hydrogens (tertiary/aromatic N) is 4. The molecule has 61 heavy (non-hydrogen) atoms. The predicted octanol–water partition coefficient (Wildman–Crippen LogP) is 13.3. The maximum Gasteiger partial charge on any atom is 0.268 e. The molecule has 10 aromatic rings. The second kappa shape index (κ2) is 16.1. The number of hydrogen-bond donors (Lipinski definition) is 0. The smallest absolute Gasteiger partial charge is 0.268 e. The van der Waals surface area contributed by atoms with Crippen LogP contribution in [0, 0.1) is 18.5 Å². The van der Waals surface area contributed by atoms with E-state index in [0.29, 0.717) is 34.0 Å². The number of para-hydroxylation sites is 3. The molecular formula is C55H44N4OPt-2.